The largest absolute Gasteiger partial charge is 0.368 e. The van der Waals surface area contributed by atoms with Crippen molar-refractivity contribution in [2.45, 2.75) is 59.8 Å². The quantitative estimate of drug-likeness (QED) is 0.366. The molecule has 1 unspecified atom stereocenters. The van der Waals surface area contributed by atoms with E-state index in [0.717, 1.165) is 39.4 Å². The molecular weight excluding hydrogens is 512 g/mol. The number of nitrogens with one attached hydrogen (secondary N) is 2. The van der Waals surface area contributed by atoms with Crippen molar-refractivity contribution in [3.8, 4) is 0 Å². The number of allylic oxidation sites excluding steroid dienone is 2. The fourth-order valence-electron chi connectivity index (χ4n) is 4.09. The van der Waals surface area contributed by atoms with Crippen LogP contribution in [0.5, 0.6) is 0 Å². The van der Waals surface area contributed by atoms with Gasteiger partial charge in [0.1, 0.15) is 5.82 Å². The van der Waals surface area contributed by atoms with Crippen molar-refractivity contribution in [2.75, 3.05) is 37.8 Å². The van der Waals surface area contributed by atoms with Gasteiger partial charge in [-0.05, 0) is 54.4 Å². The van der Waals surface area contributed by atoms with Crippen molar-refractivity contribution in [1.82, 2.24) is 20.6 Å². The van der Waals surface area contributed by atoms with Crippen LogP contribution in [0.1, 0.15) is 59.8 Å². The normalized spacial score (nSPS) is 16.8. The Balaban J connectivity index is 0.000000298. The Morgan fingerprint density at radius 1 is 1.17 bits per heavy atom. The van der Waals surface area contributed by atoms with Crippen LogP contribution in [0.25, 0.3) is 10.9 Å². The number of hydrogen-bond donors (Lipinski definition) is 3. The number of nitrogen functional groups attached to an aromatic ring is 1. The summed E-state index contributed by atoms with van der Waals surface area (Å²) in [6, 6.07) is 7.83. The summed E-state index contributed by atoms with van der Waals surface area (Å²) >= 11 is 3.08. The predicted molar refractivity (Wildman–Crippen MR) is 162 cm³/mol. The minimum atomic E-state index is 0.312. The average molecular weight is 560 g/mol. The van der Waals surface area contributed by atoms with Gasteiger partial charge in [-0.25, -0.2) is 4.98 Å². The van der Waals surface area contributed by atoms with E-state index in [-0.39, 0.29) is 0 Å². The minimum Gasteiger partial charge on any atom is -0.368 e. The average Bonchev–Trinajstić information content (AvgIpc) is 3.18. The Morgan fingerprint density at radius 3 is 2.33 bits per heavy atom. The second-order valence-corrected chi connectivity index (χ2v) is 10.6. The van der Waals surface area contributed by atoms with Crippen LogP contribution in [-0.2, 0) is 0 Å². The molecule has 0 bridgehead atoms. The van der Waals surface area contributed by atoms with E-state index in [1.807, 2.05) is 64.0 Å². The zero-order valence-electron chi connectivity index (χ0n) is 23.2. The van der Waals surface area contributed by atoms with Crippen molar-refractivity contribution in [2.24, 2.45) is 11.8 Å². The van der Waals surface area contributed by atoms with E-state index in [1.54, 1.807) is 0 Å². The maximum Gasteiger partial charge on any atom is 0.222 e. The summed E-state index contributed by atoms with van der Waals surface area (Å²) in [4.78, 5) is 10.3. The van der Waals surface area contributed by atoms with Gasteiger partial charge in [-0.2, -0.15) is 4.98 Å². The van der Waals surface area contributed by atoms with Gasteiger partial charge in [-0.15, -0.1) is 0 Å². The van der Waals surface area contributed by atoms with Crippen LogP contribution in [0.4, 0.5) is 11.8 Å². The summed E-state index contributed by atoms with van der Waals surface area (Å²) in [5, 5.41) is 7.83. The van der Waals surface area contributed by atoms with Crippen molar-refractivity contribution < 1.29 is 0 Å². The van der Waals surface area contributed by atoms with Gasteiger partial charge in [0.05, 0.1) is 5.52 Å². The van der Waals surface area contributed by atoms with Crippen LogP contribution >= 0.6 is 15.9 Å². The number of rotatable bonds is 5. The molecule has 0 spiro atoms. The Kier molecular flexibility index (Phi) is 15.1. The molecule has 36 heavy (non-hydrogen) atoms. The number of nitrogens with two attached hydrogens (primary N) is 1. The number of fused-ring (bicyclic) bond motifs is 1. The molecule has 1 aliphatic heterocycles. The van der Waals surface area contributed by atoms with Crippen LogP contribution in [0.3, 0.4) is 0 Å². The fourth-order valence-corrected chi connectivity index (χ4v) is 4.09. The maximum absolute atomic E-state index is 5.61. The molecule has 6 nitrogen and oxygen atoms in total. The van der Waals surface area contributed by atoms with Gasteiger partial charge < -0.3 is 21.3 Å². The molecule has 200 valence electrons. The molecule has 0 saturated heterocycles. The van der Waals surface area contributed by atoms with E-state index in [1.165, 1.54) is 44.2 Å². The van der Waals surface area contributed by atoms with Crippen molar-refractivity contribution >= 4 is 38.6 Å². The molecule has 2 heterocycles. The molecule has 7 heteroatoms. The monoisotopic (exact) mass is 558 g/mol. The van der Waals surface area contributed by atoms with E-state index in [4.69, 9.17) is 5.73 Å². The minimum absolute atomic E-state index is 0.312. The highest BCUT2D eigenvalue weighted by molar-refractivity contribution is 9.11. The van der Waals surface area contributed by atoms with Crippen molar-refractivity contribution in [3.63, 3.8) is 0 Å². The molecule has 4 N–H and O–H groups in total. The van der Waals surface area contributed by atoms with Gasteiger partial charge in [0, 0.05) is 43.8 Å². The number of benzene rings is 1. The summed E-state index contributed by atoms with van der Waals surface area (Å²) < 4.78 is 0.979. The van der Waals surface area contributed by atoms with Crippen LogP contribution in [-0.4, -0.2) is 37.2 Å². The SMILES string of the molecule is C=C(C)Br.C=C1NC=C(CNCC2CCCCC2)C1C.CC.CN(C)c1nc(N)nc2ccccc12. The molecule has 1 saturated carbocycles. The third-order valence-electron chi connectivity index (χ3n) is 6.03. The molecule has 0 radical (unpaired) electrons. The summed E-state index contributed by atoms with van der Waals surface area (Å²) in [6.45, 7) is 17.8. The number of nitrogens with zero attached hydrogens (tertiary/aromatic N) is 3. The zero-order chi connectivity index (χ0) is 27.1. The summed E-state index contributed by atoms with van der Waals surface area (Å²) in [5.41, 5.74) is 9.07. The Hall–Kier alpha value is -2.38. The highest BCUT2D eigenvalue weighted by atomic mass is 79.9. The molecule has 1 aromatic heterocycles. The van der Waals surface area contributed by atoms with Gasteiger partial charge in [-0.3, -0.25) is 0 Å². The molecular formula is C29H47BrN6. The van der Waals surface area contributed by atoms with Crippen LogP contribution < -0.4 is 21.3 Å². The maximum atomic E-state index is 5.61. The van der Waals surface area contributed by atoms with E-state index >= 15 is 0 Å². The lowest BCUT2D eigenvalue weighted by atomic mass is 9.89. The Labute approximate surface area is 227 Å². The van der Waals surface area contributed by atoms with Crippen LogP contribution in [0.15, 0.2) is 59.4 Å². The summed E-state index contributed by atoms with van der Waals surface area (Å²) in [7, 11) is 3.88. The topological polar surface area (TPSA) is 79.1 Å². The van der Waals surface area contributed by atoms with E-state index < -0.39 is 0 Å². The molecule has 1 fully saturated rings. The predicted octanol–water partition coefficient (Wildman–Crippen LogP) is 7.01. The molecule has 0 amide bonds. The molecule has 2 aliphatic rings. The van der Waals surface area contributed by atoms with Crippen molar-refractivity contribution in [1.29, 1.82) is 0 Å². The highest BCUT2D eigenvalue weighted by Gasteiger charge is 2.18. The number of hydrogen-bond acceptors (Lipinski definition) is 6. The third-order valence-corrected chi connectivity index (χ3v) is 6.03. The Bertz CT molecular complexity index is 975. The second kappa shape index (κ2) is 17.1. The van der Waals surface area contributed by atoms with Gasteiger partial charge in [0.25, 0.3) is 0 Å². The molecule has 1 aliphatic carbocycles. The Morgan fingerprint density at radius 2 is 1.78 bits per heavy atom. The van der Waals surface area contributed by atoms with Gasteiger partial charge in [0.15, 0.2) is 0 Å². The number of halogens is 1. The molecule has 1 aromatic carbocycles. The summed E-state index contributed by atoms with van der Waals surface area (Å²) in [6.07, 6.45) is 9.27. The first-order valence-electron chi connectivity index (χ1n) is 13.0. The number of aromatic nitrogens is 2. The lowest BCUT2D eigenvalue weighted by molar-refractivity contribution is 0.345. The first-order valence-corrected chi connectivity index (χ1v) is 13.8. The molecule has 1 atom stereocenters. The highest BCUT2D eigenvalue weighted by Crippen LogP contribution is 2.24. The smallest absolute Gasteiger partial charge is 0.222 e. The first kappa shape index (κ1) is 31.6. The number of para-hydroxylation sites is 1. The van der Waals surface area contributed by atoms with Crippen molar-refractivity contribution in [3.05, 3.63) is 59.4 Å². The van der Waals surface area contributed by atoms with Gasteiger partial charge in [0.2, 0.25) is 5.95 Å². The zero-order valence-corrected chi connectivity index (χ0v) is 24.8. The van der Waals surface area contributed by atoms with E-state index in [9.17, 15) is 0 Å². The lowest BCUT2D eigenvalue weighted by Gasteiger charge is -2.22. The third kappa shape index (κ3) is 11.1. The van der Waals surface area contributed by atoms with Crippen LogP contribution in [0, 0.1) is 11.8 Å². The summed E-state index contributed by atoms with van der Waals surface area (Å²) in [5.74, 6) is 2.58. The first-order chi connectivity index (χ1) is 17.2. The second-order valence-electron chi connectivity index (χ2n) is 9.24. The molecule has 2 aromatic rings. The lowest BCUT2D eigenvalue weighted by Crippen LogP contribution is -2.27. The van der Waals surface area contributed by atoms with Gasteiger partial charge >= 0.3 is 0 Å². The van der Waals surface area contributed by atoms with E-state index in [2.05, 4.69) is 62.8 Å². The number of anilines is 2. The van der Waals surface area contributed by atoms with Crippen LogP contribution in [0.2, 0.25) is 0 Å². The molecule has 4 rings (SSSR count). The van der Waals surface area contributed by atoms with E-state index in [0.29, 0.717) is 11.9 Å². The van der Waals surface area contributed by atoms with Gasteiger partial charge in [-0.1, -0.05) is 81.3 Å². The standard InChI is InChI=1S/C14H24N2.C10H12N4.C3H5Br.C2H6/c1-11-12(2)16-10-14(11)9-15-8-13-6-4-3-5-7-13;1-14(2)9-7-5-3-4-6-8(7)12-10(11)13-9;1-3(2)4;1-2/h10-11,13,15-16H,2-9H2,1H3;3-6H,1-2H3,(H2,11,12,13);1H2,2H3;1-2H3. The fraction of sp³-hybridized carbons (Fsp3) is 0.517.